The van der Waals surface area contributed by atoms with Gasteiger partial charge in [-0.3, -0.25) is 4.79 Å². The Morgan fingerprint density at radius 1 is 1.14 bits per heavy atom. The van der Waals surface area contributed by atoms with Crippen molar-refractivity contribution in [1.29, 1.82) is 0 Å². The molecule has 1 amide bonds. The number of hydrogen-bond acceptors (Lipinski definition) is 5. The quantitative estimate of drug-likeness (QED) is 0.468. The molecule has 142 valence electrons. The van der Waals surface area contributed by atoms with Crippen LogP contribution in [0.4, 0.5) is 0 Å². The highest BCUT2D eigenvalue weighted by Gasteiger charge is 2.25. The number of carbonyl (C=O) groups is 1. The van der Waals surface area contributed by atoms with Crippen molar-refractivity contribution < 1.29 is 13.9 Å². The lowest BCUT2D eigenvalue weighted by Gasteiger charge is -2.20. The van der Waals surface area contributed by atoms with Gasteiger partial charge in [0.1, 0.15) is 5.76 Å². The van der Waals surface area contributed by atoms with E-state index in [0.29, 0.717) is 24.6 Å². The van der Waals surface area contributed by atoms with E-state index < -0.39 is 0 Å². The van der Waals surface area contributed by atoms with Gasteiger partial charge in [0, 0.05) is 4.88 Å². The molecule has 1 aromatic carbocycles. The molecule has 0 spiro atoms. The van der Waals surface area contributed by atoms with Crippen LogP contribution >= 0.6 is 11.3 Å². The molecule has 0 unspecified atom stereocenters. The Bertz CT molecular complexity index is 988. The molecule has 0 saturated heterocycles. The predicted octanol–water partition coefficient (Wildman–Crippen LogP) is 4.38. The lowest BCUT2D eigenvalue weighted by molar-refractivity contribution is 0.0709. The van der Waals surface area contributed by atoms with Gasteiger partial charge in [-0.15, -0.1) is 11.3 Å². The molecule has 3 heterocycles. The fourth-order valence-electron chi connectivity index (χ4n) is 2.90. The molecule has 0 fully saturated rings. The summed E-state index contributed by atoms with van der Waals surface area (Å²) in [5.74, 6) is 0.937. The molecule has 7 heteroatoms. The van der Waals surface area contributed by atoms with Crippen molar-refractivity contribution in [2.75, 3.05) is 7.11 Å². The molecule has 0 aliphatic heterocycles. The van der Waals surface area contributed by atoms with Crippen LogP contribution in [0.3, 0.4) is 0 Å². The van der Waals surface area contributed by atoms with E-state index in [2.05, 4.69) is 5.10 Å². The summed E-state index contributed by atoms with van der Waals surface area (Å²) in [7, 11) is 1.54. The van der Waals surface area contributed by atoms with E-state index in [9.17, 15) is 4.79 Å². The average Bonchev–Trinajstić information content (AvgIpc) is 3.49. The second kappa shape index (κ2) is 8.14. The van der Waals surface area contributed by atoms with Crippen LogP contribution in [0.1, 0.15) is 21.1 Å². The zero-order chi connectivity index (χ0) is 19.3. The first-order valence-electron chi connectivity index (χ1n) is 8.77. The van der Waals surface area contributed by atoms with Gasteiger partial charge in [-0.1, -0.05) is 24.3 Å². The Labute approximate surface area is 166 Å². The topological polar surface area (TPSA) is 60.5 Å². The van der Waals surface area contributed by atoms with Gasteiger partial charge >= 0.3 is 0 Å². The lowest BCUT2D eigenvalue weighted by Crippen LogP contribution is -2.30. The van der Waals surface area contributed by atoms with Crippen molar-refractivity contribution in [2.45, 2.75) is 13.1 Å². The number of ether oxygens (including phenoxy) is 1. The molecule has 4 rings (SSSR count). The van der Waals surface area contributed by atoms with Crippen LogP contribution in [0.25, 0.3) is 5.69 Å². The van der Waals surface area contributed by atoms with Crippen molar-refractivity contribution in [3.8, 4) is 11.4 Å². The Morgan fingerprint density at radius 3 is 2.68 bits per heavy atom. The number of methoxy groups -OCH3 is 1. The van der Waals surface area contributed by atoms with Gasteiger partial charge in [-0.05, 0) is 35.7 Å². The largest absolute Gasteiger partial charge is 0.493 e. The number of hydrogen-bond donors (Lipinski definition) is 0. The monoisotopic (exact) mass is 393 g/mol. The van der Waals surface area contributed by atoms with Crippen LogP contribution in [0.5, 0.6) is 5.75 Å². The van der Waals surface area contributed by atoms with Gasteiger partial charge < -0.3 is 14.1 Å². The zero-order valence-electron chi connectivity index (χ0n) is 15.3. The van der Waals surface area contributed by atoms with E-state index in [0.717, 1.165) is 10.6 Å². The number of furan rings is 1. The molecular weight excluding hydrogens is 374 g/mol. The number of amides is 1. The average molecular weight is 393 g/mol. The third kappa shape index (κ3) is 3.84. The van der Waals surface area contributed by atoms with Crippen LogP contribution in [0.2, 0.25) is 0 Å². The molecule has 0 N–H and O–H groups in total. The summed E-state index contributed by atoms with van der Waals surface area (Å²) in [4.78, 5) is 16.2. The van der Waals surface area contributed by atoms with E-state index in [1.165, 1.54) is 0 Å². The normalized spacial score (nSPS) is 10.8. The zero-order valence-corrected chi connectivity index (χ0v) is 16.1. The molecule has 0 aliphatic rings. The van der Waals surface area contributed by atoms with Crippen LogP contribution in [0.15, 0.2) is 76.9 Å². The van der Waals surface area contributed by atoms with Crippen LogP contribution in [0, 0.1) is 0 Å². The molecule has 4 aromatic rings. The van der Waals surface area contributed by atoms with E-state index in [-0.39, 0.29) is 11.6 Å². The van der Waals surface area contributed by atoms with Crippen LogP contribution < -0.4 is 4.74 Å². The van der Waals surface area contributed by atoms with Gasteiger partial charge in [0.2, 0.25) is 0 Å². The number of rotatable bonds is 7. The van der Waals surface area contributed by atoms with Crippen LogP contribution in [-0.4, -0.2) is 27.7 Å². The minimum absolute atomic E-state index is 0.212. The second-order valence-corrected chi connectivity index (χ2v) is 7.18. The standard InChI is InChI=1S/C21H19N3O3S/c1-26-19-15-24(16-7-3-2-4-8-16)22-20(19)21(25)23(13-17-9-5-11-27-17)14-18-10-6-12-28-18/h2-12,15H,13-14H2,1H3. The van der Waals surface area contributed by atoms with Gasteiger partial charge in [0.05, 0.1) is 38.3 Å². The summed E-state index contributed by atoms with van der Waals surface area (Å²) in [5, 5.41) is 6.50. The smallest absolute Gasteiger partial charge is 0.278 e. The van der Waals surface area contributed by atoms with Crippen molar-refractivity contribution >= 4 is 17.2 Å². The Hall–Kier alpha value is -3.32. The van der Waals surface area contributed by atoms with Gasteiger partial charge in [-0.2, -0.15) is 5.10 Å². The fourth-order valence-corrected chi connectivity index (χ4v) is 3.62. The van der Waals surface area contributed by atoms with E-state index >= 15 is 0 Å². The third-order valence-electron chi connectivity index (χ3n) is 4.26. The number of para-hydroxylation sites is 1. The maximum Gasteiger partial charge on any atom is 0.278 e. The Kier molecular flexibility index (Phi) is 5.25. The molecule has 0 saturated carbocycles. The first-order chi connectivity index (χ1) is 13.7. The van der Waals surface area contributed by atoms with Gasteiger partial charge in [0.25, 0.3) is 5.91 Å². The summed E-state index contributed by atoms with van der Waals surface area (Å²) in [6.07, 6.45) is 3.33. The molecule has 0 bridgehead atoms. The van der Waals surface area contributed by atoms with E-state index in [1.807, 2.05) is 60.0 Å². The molecule has 0 aliphatic carbocycles. The summed E-state index contributed by atoms with van der Waals surface area (Å²) in [5.41, 5.74) is 1.13. The molecule has 28 heavy (non-hydrogen) atoms. The number of thiophene rings is 1. The SMILES string of the molecule is COc1cn(-c2ccccc2)nc1C(=O)N(Cc1ccco1)Cc1cccs1. The number of benzene rings is 1. The first-order valence-corrected chi connectivity index (χ1v) is 9.65. The Morgan fingerprint density at radius 2 is 2.00 bits per heavy atom. The number of nitrogens with zero attached hydrogens (tertiary/aromatic N) is 3. The summed E-state index contributed by atoms with van der Waals surface area (Å²) >= 11 is 1.61. The summed E-state index contributed by atoms with van der Waals surface area (Å²) in [6, 6.07) is 17.3. The van der Waals surface area contributed by atoms with Crippen molar-refractivity contribution in [1.82, 2.24) is 14.7 Å². The highest BCUT2D eigenvalue weighted by Crippen LogP contribution is 2.24. The number of carbonyl (C=O) groups excluding carboxylic acids is 1. The minimum Gasteiger partial charge on any atom is -0.493 e. The highest BCUT2D eigenvalue weighted by atomic mass is 32.1. The van der Waals surface area contributed by atoms with Crippen molar-refractivity contribution in [3.63, 3.8) is 0 Å². The van der Waals surface area contributed by atoms with E-state index in [4.69, 9.17) is 9.15 Å². The van der Waals surface area contributed by atoms with Crippen molar-refractivity contribution in [2.24, 2.45) is 0 Å². The first kappa shape index (κ1) is 18.1. The predicted molar refractivity (Wildman–Crippen MR) is 107 cm³/mol. The lowest BCUT2D eigenvalue weighted by atomic mass is 10.3. The third-order valence-corrected chi connectivity index (χ3v) is 5.13. The molecular formula is C21H19N3O3S. The van der Waals surface area contributed by atoms with Gasteiger partial charge in [-0.25, -0.2) is 4.68 Å². The highest BCUT2D eigenvalue weighted by molar-refractivity contribution is 7.09. The number of aromatic nitrogens is 2. The summed E-state index contributed by atoms with van der Waals surface area (Å²) < 4.78 is 12.5. The maximum absolute atomic E-state index is 13.4. The summed E-state index contributed by atoms with van der Waals surface area (Å²) in [6.45, 7) is 0.823. The van der Waals surface area contributed by atoms with Crippen molar-refractivity contribution in [3.05, 3.63) is 88.8 Å². The van der Waals surface area contributed by atoms with Gasteiger partial charge in [0.15, 0.2) is 11.4 Å². The molecule has 3 aromatic heterocycles. The fraction of sp³-hybridized carbons (Fsp3) is 0.143. The molecule has 6 nitrogen and oxygen atoms in total. The van der Waals surface area contributed by atoms with E-state index in [1.54, 1.807) is 40.5 Å². The van der Waals surface area contributed by atoms with Crippen LogP contribution in [-0.2, 0) is 13.1 Å². The molecule has 0 radical (unpaired) electrons. The second-order valence-electron chi connectivity index (χ2n) is 6.15. The minimum atomic E-state index is -0.212. The molecule has 0 atom stereocenters. The Balaban J connectivity index is 1.66. The maximum atomic E-state index is 13.4.